The average molecular weight is 476 g/mol. The van der Waals surface area contributed by atoms with E-state index in [0.717, 1.165) is 18.7 Å². The number of hydrogen-bond acceptors (Lipinski definition) is 4. The van der Waals surface area contributed by atoms with Crippen molar-refractivity contribution in [3.8, 4) is 0 Å². The van der Waals surface area contributed by atoms with Gasteiger partial charge in [-0.3, -0.25) is 9.59 Å². The molecule has 0 radical (unpaired) electrons. The molecule has 0 saturated carbocycles. The summed E-state index contributed by atoms with van der Waals surface area (Å²) in [5, 5.41) is 8.86. The van der Waals surface area contributed by atoms with Crippen LogP contribution in [-0.4, -0.2) is 45.2 Å². The Labute approximate surface area is 208 Å². The minimum atomic E-state index is -0.150. The van der Waals surface area contributed by atoms with Crippen molar-refractivity contribution in [3.63, 3.8) is 0 Å². The molecule has 6 heteroatoms. The quantitative estimate of drug-likeness (QED) is 0.178. The fourth-order valence-electron chi connectivity index (χ4n) is 3.93. The second-order valence-corrected chi connectivity index (χ2v) is 9.13. The minimum absolute atomic E-state index is 0.0235. The molecule has 1 aromatic carbocycles. The van der Waals surface area contributed by atoms with E-state index in [-0.39, 0.29) is 18.4 Å². The van der Waals surface area contributed by atoms with Gasteiger partial charge in [0.1, 0.15) is 0 Å². The van der Waals surface area contributed by atoms with Gasteiger partial charge in [0.15, 0.2) is 0 Å². The lowest BCUT2D eigenvalue weighted by Gasteiger charge is -2.10. The van der Waals surface area contributed by atoms with Crippen LogP contribution in [0.4, 0.5) is 5.69 Å². The molecule has 1 aromatic rings. The van der Waals surface area contributed by atoms with Gasteiger partial charge < -0.3 is 20.7 Å². The van der Waals surface area contributed by atoms with E-state index in [1.807, 2.05) is 6.07 Å². The molecule has 3 N–H and O–H groups in total. The standard InChI is InChI=1S/C28H49N3O3/c1-3-4-5-6-7-8-9-10-11-12-13-14-15-16-20-29-27(32)24-31-26-19-17-18-25(23-26)28(33)30-21-22-34-2/h17-19,23,31H,3-16,20-22,24H2,1-2H3,(H,29,32)(H,30,33). The fourth-order valence-corrected chi connectivity index (χ4v) is 3.93. The van der Waals surface area contributed by atoms with Crippen LogP contribution in [0.1, 0.15) is 107 Å². The third kappa shape index (κ3) is 16.5. The van der Waals surface area contributed by atoms with Crippen molar-refractivity contribution in [2.45, 2.75) is 96.8 Å². The zero-order chi connectivity index (χ0) is 24.7. The number of carbonyl (C=O) groups is 2. The molecule has 1 rings (SSSR count). The van der Waals surface area contributed by atoms with Crippen LogP contribution in [0.5, 0.6) is 0 Å². The second-order valence-electron chi connectivity index (χ2n) is 9.13. The molecule has 194 valence electrons. The van der Waals surface area contributed by atoms with Gasteiger partial charge in [0.2, 0.25) is 5.91 Å². The third-order valence-corrected chi connectivity index (χ3v) is 6.02. The van der Waals surface area contributed by atoms with Gasteiger partial charge in [0.25, 0.3) is 5.91 Å². The number of hydrogen-bond donors (Lipinski definition) is 3. The first-order valence-electron chi connectivity index (χ1n) is 13.5. The van der Waals surface area contributed by atoms with E-state index in [1.54, 1.807) is 25.3 Å². The summed E-state index contributed by atoms with van der Waals surface area (Å²) in [6.45, 7) is 4.14. The van der Waals surface area contributed by atoms with E-state index in [4.69, 9.17) is 4.74 Å². The minimum Gasteiger partial charge on any atom is -0.383 e. The molecule has 0 aliphatic carbocycles. The normalized spacial score (nSPS) is 10.8. The molecule has 6 nitrogen and oxygen atoms in total. The highest BCUT2D eigenvalue weighted by Crippen LogP contribution is 2.13. The van der Waals surface area contributed by atoms with Crippen LogP contribution < -0.4 is 16.0 Å². The SMILES string of the molecule is CCCCCCCCCCCCCCCCNC(=O)CNc1cccc(C(=O)NCCOC)c1. The maximum atomic E-state index is 12.1. The van der Waals surface area contributed by atoms with E-state index < -0.39 is 0 Å². The molecule has 0 fully saturated rings. The Morgan fingerprint density at radius 1 is 0.765 bits per heavy atom. The molecule has 2 amide bonds. The van der Waals surface area contributed by atoms with Crippen LogP contribution in [0.25, 0.3) is 0 Å². The first-order chi connectivity index (χ1) is 16.7. The first-order valence-corrected chi connectivity index (χ1v) is 13.5. The molecule has 0 spiro atoms. The van der Waals surface area contributed by atoms with Crippen molar-refractivity contribution >= 4 is 17.5 Å². The molecule has 0 heterocycles. The van der Waals surface area contributed by atoms with Crippen molar-refractivity contribution in [3.05, 3.63) is 29.8 Å². The Kier molecular flexibility index (Phi) is 18.9. The molecule has 0 bridgehead atoms. The van der Waals surface area contributed by atoms with Crippen molar-refractivity contribution < 1.29 is 14.3 Å². The number of anilines is 1. The maximum absolute atomic E-state index is 12.1. The number of ether oxygens (including phenoxy) is 1. The largest absolute Gasteiger partial charge is 0.383 e. The van der Waals surface area contributed by atoms with Crippen molar-refractivity contribution in [1.82, 2.24) is 10.6 Å². The third-order valence-electron chi connectivity index (χ3n) is 6.02. The van der Waals surface area contributed by atoms with Gasteiger partial charge in [-0.1, -0.05) is 96.5 Å². The van der Waals surface area contributed by atoms with E-state index in [1.165, 1.54) is 83.5 Å². The highest BCUT2D eigenvalue weighted by atomic mass is 16.5. The molecule has 0 aliphatic rings. The molecule has 0 unspecified atom stereocenters. The van der Waals surface area contributed by atoms with Gasteiger partial charge >= 0.3 is 0 Å². The van der Waals surface area contributed by atoms with Crippen LogP contribution >= 0.6 is 0 Å². The van der Waals surface area contributed by atoms with E-state index in [2.05, 4.69) is 22.9 Å². The van der Waals surface area contributed by atoms with Gasteiger partial charge in [-0.15, -0.1) is 0 Å². The Bertz CT molecular complexity index is 652. The number of unbranched alkanes of at least 4 members (excludes halogenated alkanes) is 13. The molecular weight excluding hydrogens is 426 g/mol. The fraction of sp³-hybridized carbons (Fsp3) is 0.714. The Balaban J connectivity index is 1.97. The summed E-state index contributed by atoms with van der Waals surface area (Å²) >= 11 is 0. The number of amides is 2. The van der Waals surface area contributed by atoms with E-state index in [0.29, 0.717) is 18.7 Å². The van der Waals surface area contributed by atoms with Crippen LogP contribution in [0, 0.1) is 0 Å². The highest BCUT2D eigenvalue weighted by molar-refractivity contribution is 5.95. The number of nitrogens with one attached hydrogen (secondary N) is 3. The summed E-state index contributed by atoms with van der Waals surface area (Å²) in [5.74, 6) is -0.174. The van der Waals surface area contributed by atoms with Crippen LogP contribution in [0.15, 0.2) is 24.3 Å². The zero-order valence-electron chi connectivity index (χ0n) is 21.8. The zero-order valence-corrected chi connectivity index (χ0v) is 21.8. The van der Waals surface area contributed by atoms with Crippen molar-refractivity contribution in [2.24, 2.45) is 0 Å². The van der Waals surface area contributed by atoms with Gasteiger partial charge in [-0.25, -0.2) is 0 Å². The average Bonchev–Trinajstić information content (AvgIpc) is 2.85. The summed E-state index contributed by atoms with van der Waals surface area (Å²) in [4.78, 5) is 24.2. The van der Waals surface area contributed by atoms with Gasteiger partial charge in [-0.05, 0) is 24.6 Å². The lowest BCUT2D eigenvalue weighted by molar-refractivity contribution is -0.119. The van der Waals surface area contributed by atoms with Gasteiger partial charge in [0, 0.05) is 31.5 Å². The Hall–Kier alpha value is -2.08. The van der Waals surface area contributed by atoms with Crippen LogP contribution in [0.2, 0.25) is 0 Å². The first kappa shape index (κ1) is 30.0. The molecule has 0 aliphatic heterocycles. The monoisotopic (exact) mass is 475 g/mol. The second kappa shape index (κ2) is 21.5. The summed E-state index contributed by atoms with van der Waals surface area (Å²) in [6, 6.07) is 7.17. The summed E-state index contributed by atoms with van der Waals surface area (Å²) in [7, 11) is 1.60. The molecule has 0 saturated heterocycles. The summed E-state index contributed by atoms with van der Waals surface area (Å²) in [6.07, 6.45) is 18.6. The number of methoxy groups -OCH3 is 1. The van der Waals surface area contributed by atoms with Crippen molar-refractivity contribution in [1.29, 1.82) is 0 Å². The summed E-state index contributed by atoms with van der Waals surface area (Å²) in [5.41, 5.74) is 1.31. The maximum Gasteiger partial charge on any atom is 0.251 e. The predicted molar refractivity (Wildman–Crippen MR) is 142 cm³/mol. The van der Waals surface area contributed by atoms with Crippen LogP contribution in [-0.2, 0) is 9.53 Å². The van der Waals surface area contributed by atoms with Gasteiger partial charge in [0.05, 0.1) is 13.2 Å². The van der Waals surface area contributed by atoms with E-state index >= 15 is 0 Å². The smallest absolute Gasteiger partial charge is 0.251 e. The number of rotatable bonds is 22. The summed E-state index contributed by atoms with van der Waals surface area (Å²) < 4.78 is 4.94. The van der Waals surface area contributed by atoms with Crippen LogP contribution in [0.3, 0.4) is 0 Å². The molecule has 34 heavy (non-hydrogen) atoms. The molecular formula is C28H49N3O3. The lowest BCUT2D eigenvalue weighted by Crippen LogP contribution is -2.30. The molecule has 0 atom stereocenters. The number of carbonyl (C=O) groups excluding carboxylic acids is 2. The lowest BCUT2D eigenvalue weighted by atomic mass is 10.0. The Morgan fingerprint density at radius 3 is 1.94 bits per heavy atom. The number of benzene rings is 1. The highest BCUT2D eigenvalue weighted by Gasteiger charge is 2.06. The Morgan fingerprint density at radius 2 is 1.35 bits per heavy atom. The molecule has 0 aromatic heterocycles. The van der Waals surface area contributed by atoms with E-state index in [9.17, 15) is 9.59 Å². The van der Waals surface area contributed by atoms with Gasteiger partial charge in [-0.2, -0.15) is 0 Å². The van der Waals surface area contributed by atoms with Crippen molar-refractivity contribution in [2.75, 3.05) is 38.7 Å². The topological polar surface area (TPSA) is 79.5 Å². The predicted octanol–water partition coefficient (Wildman–Crippen LogP) is 6.07.